The van der Waals surface area contributed by atoms with Crippen LogP contribution in [0.3, 0.4) is 0 Å². The van der Waals surface area contributed by atoms with Crippen molar-refractivity contribution in [2.24, 2.45) is 0 Å². The van der Waals surface area contributed by atoms with Crippen molar-refractivity contribution in [1.82, 2.24) is 4.90 Å². The van der Waals surface area contributed by atoms with Gasteiger partial charge in [-0.2, -0.15) is 0 Å². The van der Waals surface area contributed by atoms with Crippen molar-refractivity contribution in [2.45, 2.75) is 18.9 Å². The number of benzene rings is 2. The van der Waals surface area contributed by atoms with Crippen LogP contribution in [0.15, 0.2) is 42.5 Å². The summed E-state index contributed by atoms with van der Waals surface area (Å²) in [5, 5.41) is 2.83. The molecular weight excluding hydrogens is 332 g/mol. The topological polar surface area (TPSA) is 67.9 Å². The van der Waals surface area contributed by atoms with E-state index in [1.54, 1.807) is 24.1 Å². The van der Waals surface area contributed by atoms with Gasteiger partial charge in [-0.25, -0.2) is 0 Å². The van der Waals surface area contributed by atoms with Gasteiger partial charge in [-0.3, -0.25) is 9.59 Å². The molecule has 2 aliphatic heterocycles. The predicted molar refractivity (Wildman–Crippen MR) is 96.7 cm³/mol. The number of amides is 2. The van der Waals surface area contributed by atoms with Crippen LogP contribution in [0.4, 0.5) is 5.69 Å². The highest BCUT2D eigenvalue weighted by atomic mass is 16.6. The number of likely N-dealkylation sites (N-methyl/N-ethyl adjacent to an activating group) is 1. The zero-order valence-corrected chi connectivity index (χ0v) is 14.5. The van der Waals surface area contributed by atoms with Crippen molar-refractivity contribution in [3.8, 4) is 11.5 Å². The number of rotatable bonds is 3. The summed E-state index contributed by atoms with van der Waals surface area (Å²) in [6.45, 7) is 0.839. The number of carbonyl (C=O) groups is 2. The van der Waals surface area contributed by atoms with Gasteiger partial charge < -0.3 is 19.7 Å². The number of nitrogens with one attached hydrogen (secondary N) is 1. The smallest absolute Gasteiger partial charge is 0.253 e. The zero-order valence-electron chi connectivity index (χ0n) is 14.5. The van der Waals surface area contributed by atoms with E-state index in [1.807, 2.05) is 30.3 Å². The van der Waals surface area contributed by atoms with Gasteiger partial charge in [0.1, 0.15) is 6.61 Å². The number of nitrogens with zero attached hydrogens (tertiary/aromatic N) is 1. The van der Waals surface area contributed by atoms with Crippen LogP contribution in [0, 0.1) is 0 Å². The van der Waals surface area contributed by atoms with Crippen molar-refractivity contribution in [3.63, 3.8) is 0 Å². The maximum absolute atomic E-state index is 12.8. The molecule has 4 rings (SSSR count). The SMILES string of the molecule is CN(C[C@@H]1COc2ccccc2O1)C(=O)c1ccc2c(c1)CCC(=O)N2. The van der Waals surface area contributed by atoms with E-state index in [9.17, 15) is 9.59 Å². The second-order valence-electron chi connectivity index (χ2n) is 6.60. The van der Waals surface area contributed by atoms with Gasteiger partial charge in [-0.05, 0) is 42.3 Å². The number of ether oxygens (including phenoxy) is 2. The Morgan fingerprint density at radius 1 is 1.19 bits per heavy atom. The molecule has 0 saturated heterocycles. The second kappa shape index (κ2) is 6.71. The van der Waals surface area contributed by atoms with Crippen LogP contribution in [0.2, 0.25) is 0 Å². The summed E-state index contributed by atoms with van der Waals surface area (Å²) >= 11 is 0. The highest BCUT2D eigenvalue weighted by Crippen LogP contribution is 2.31. The minimum atomic E-state index is -0.212. The highest BCUT2D eigenvalue weighted by Gasteiger charge is 2.25. The molecule has 2 aliphatic rings. The lowest BCUT2D eigenvalue weighted by molar-refractivity contribution is -0.116. The van der Waals surface area contributed by atoms with Crippen molar-refractivity contribution in [2.75, 3.05) is 25.5 Å². The standard InChI is InChI=1S/C20H20N2O4/c1-22(11-15-12-25-17-4-2-3-5-18(17)26-15)20(24)14-6-8-16-13(10-14)7-9-19(23)21-16/h2-6,8,10,15H,7,9,11-12H2,1H3,(H,21,23)/t15-/m1/s1. The summed E-state index contributed by atoms with van der Waals surface area (Å²) in [6, 6.07) is 12.9. The summed E-state index contributed by atoms with van der Waals surface area (Å²) in [7, 11) is 1.76. The van der Waals surface area contributed by atoms with E-state index in [-0.39, 0.29) is 17.9 Å². The van der Waals surface area contributed by atoms with Gasteiger partial charge in [-0.1, -0.05) is 12.1 Å². The van der Waals surface area contributed by atoms with Gasteiger partial charge in [0, 0.05) is 24.7 Å². The van der Waals surface area contributed by atoms with E-state index in [4.69, 9.17) is 9.47 Å². The molecular formula is C20H20N2O4. The highest BCUT2D eigenvalue weighted by molar-refractivity contribution is 5.97. The molecule has 0 fully saturated rings. The van der Waals surface area contributed by atoms with E-state index in [1.165, 1.54) is 0 Å². The summed E-state index contributed by atoms with van der Waals surface area (Å²) in [5.41, 5.74) is 2.40. The van der Waals surface area contributed by atoms with E-state index < -0.39 is 0 Å². The number of para-hydroxylation sites is 2. The Morgan fingerprint density at radius 3 is 2.85 bits per heavy atom. The third kappa shape index (κ3) is 3.22. The Morgan fingerprint density at radius 2 is 2.00 bits per heavy atom. The van der Waals surface area contributed by atoms with Gasteiger partial charge >= 0.3 is 0 Å². The number of anilines is 1. The third-order valence-corrected chi connectivity index (χ3v) is 4.64. The molecule has 1 N–H and O–H groups in total. The number of hydrogen-bond donors (Lipinski definition) is 1. The Labute approximate surface area is 151 Å². The third-order valence-electron chi connectivity index (χ3n) is 4.64. The molecule has 2 amide bonds. The lowest BCUT2D eigenvalue weighted by Crippen LogP contribution is -2.41. The first-order chi connectivity index (χ1) is 12.6. The maximum Gasteiger partial charge on any atom is 0.253 e. The van der Waals surface area contributed by atoms with Gasteiger partial charge in [-0.15, -0.1) is 0 Å². The first kappa shape index (κ1) is 16.4. The fourth-order valence-electron chi connectivity index (χ4n) is 3.28. The normalized spacial score (nSPS) is 17.9. The number of hydrogen-bond acceptors (Lipinski definition) is 4. The Bertz CT molecular complexity index is 865. The second-order valence-corrected chi connectivity index (χ2v) is 6.60. The first-order valence-corrected chi connectivity index (χ1v) is 8.67. The van der Waals surface area contributed by atoms with Crippen molar-refractivity contribution in [1.29, 1.82) is 0 Å². The number of fused-ring (bicyclic) bond motifs is 2. The fourth-order valence-corrected chi connectivity index (χ4v) is 3.28. The predicted octanol–water partition coefficient (Wildman–Crippen LogP) is 2.48. The number of aryl methyl sites for hydroxylation is 1. The molecule has 2 aromatic carbocycles. The van der Waals surface area contributed by atoms with E-state index in [2.05, 4.69) is 5.32 Å². The average molecular weight is 352 g/mol. The van der Waals surface area contributed by atoms with Crippen LogP contribution < -0.4 is 14.8 Å². The monoisotopic (exact) mass is 352 g/mol. The van der Waals surface area contributed by atoms with Crippen LogP contribution in [0.5, 0.6) is 11.5 Å². The van der Waals surface area contributed by atoms with Crippen molar-refractivity contribution >= 4 is 17.5 Å². The molecule has 0 radical (unpaired) electrons. The first-order valence-electron chi connectivity index (χ1n) is 8.67. The molecule has 0 aromatic heterocycles. The summed E-state index contributed by atoms with van der Waals surface area (Å²) in [6.07, 6.45) is 0.894. The van der Waals surface area contributed by atoms with Gasteiger partial charge in [0.25, 0.3) is 5.91 Å². The Balaban J connectivity index is 1.43. The van der Waals surface area contributed by atoms with Gasteiger partial charge in [0.05, 0.1) is 6.54 Å². The van der Waals surface area contributed by atoms with E-state index in [0.29, 0.717) is 37.3 Å². The molecule has 6 nitrogen and oxygen atoms in total. The molecule has 1 atom stereocenters. The molecule has 0 unspecified atom stereocenters. The molecule has 0 bridgehead atoms. The van der Waals surface area contributed by atoms with Crippen LogP contribution in [-0.2, 0) is 11.2 Å². The van der Waals surface area contributed by atoms with Gasteiger partial charge in [0.15, 0.2) is 17.6 Å². The summed E-state index contributed by atoms with van der Waals surface area (Å²) in [5.74, 6) is 1.37. The quantitative estimate of drug-likeness (QED) is 0.922. The van der Waals surface area contributed by atoms with Crippen LogP contribution in [0.25, 0.3) is 0 Å². The van der Waals surface area contributed by atoms with E-state index >= 15 is 0 Å². The fraction of sp³-hybridized carbons (Fsp3) is 0.300. The maximum atomic E-state index is 12.8. The Kier molecular flexibility index (Phi) is 4.24. The molecule has 6 heteroatoms. The molecule has 26 heavy (non-hydrogen) atoms. The average Bonchev–Trinajstić information content (AvgIpc) is 2.67. The zero-order chi connectivity index (χ0) is 18.1. The Hall–Kier alpha value is -3.02. The lowest BCUT2D eigenvalue weighted by Gasteiger charge is -2.29. The molecule has 0 saturated carbocycles. The van der Waals surface area contributed by atoms with Crippen molar-refractivity contribution in [3.05, 3.63) is 53.6 Å². The largest absolute Gasteiger partial charge is 0.486 e. The minimum Gasteiger partial charge on any atom is -0.486 e. The molecule has 2 heterocycles. The van der Waals surface area contributed by atoms with Crippen LogP contribution in [-0.4, -0.2) is 43.0 Å². The lowest BCUT2D eigenvalue weighted by atomic mass is 10.00. The molecule has 0 spiro atoms. The molecule has 0 aliphatic carbocycles. The van der Waals surface area contributed by atoms with Gasteiger partial charge in [0.2, 0.25) is 5.91 Å². The molecule has 134 valence electrons. The summed E-state index contributed by atoms with van der Waals surface area (Å²) < 4.78 is 11.6. The van der Waals surface area contributed by atoms with Crippen LogP contribution in [0.1, 0.15) is 22.3 Å². The van der Waals surface area contributed by atoms with Crippen LogP contribution >= 0.6 is 0 Å². The summed E-state index contributed by atoms with van der Waals surface area (Å²) in [4.78, 5) is 25.9. The van der Waals surface area contributed by atoms with E-state index in [0.717, 1.165) is 17.0 Å². The number of carbonyl (C=O) groups excluding carboxylic acids is 2. The minimum absolute atomic E-state index is 0.0171. The van der Waals surface area contributed by atoms with Crippen molar-refractivity contribution < 1.29 is 19.1 Å². The molecule has 2 aromatic rings.